The van der Waals surface area contributed by atoms with Gasteiger partial charge < -0.3 is 5.73 Å². The Labute approximate surface area is 105 Å². The van der Waals surface area contributed by atoms with E-state index in [1.165, 1.54) is 43.2 Å². The maximum atomic E-state index is 5.98. The van der Waals surface area contributed by atoms with Gasteiger partial charge >= 0.3 is 0 Å². The fourth-order valence-corrected chi connectivity index (χ4v) is 3.32. The smallest absolute Gasteiger partial charge is 0.00430 e. The summed E-state index contributed by atoms with van der Waals surface area (Å²) in [7, 11) is 0. The fourth-order valence-electron chi connectivity index (χ4n) is 3.32. The Morgan fingerprint density at radius 2 is 1.88 bits per heavy atom. The predicted octanol–water partition coefficient (Wildman–Crippen LogP) is 3.93. The molecule has 1 aliphatic carbocycles. The molecule has 1 saturated carbocycles. The average molecular weight is 231 g/mol. The summed E-state index contributed by atoms with van der Waals surface area (Å²) in [6, 6.07) is 6.90. The summed E-state index contributed by atoms with van der Waals surface area (Å²) in [5, 5.41) is 0. The maximum Gasteiger partial charge on any atom is -0.00430 e. The second kappa shape index (κ2) is 5.68. The molecule has 0 spiro atoms. The summed E-state index contributed by atoms with van der Waals surface area (Å²) in [5.41, 5.74) is 10.3. The van der Waals surface area contributed by atoms with Gasteiger partial charge in [-0.2, -0.15) is 0 Å². The Balaban J connectivity index is 2.28. The lowest BCUT2D eigenvalue weighted by molar-refractivity contribution is 0.407. The van der Waals surface area contributed by atoms with Gasteiger partial charge in [0, 0.05) is 0 Å². The molecule has 0 bridgehead atoms. The minimum absolute atomic E-state index is 0.693. The van der Waals surface area contributed by atoms with Crippen molar-refractivity contribution in [2.24, 2.45) is 11.7 Å². The van der Waals surface area contributed by atoms with Crippen LogP contribution in [0.4, 0.5) is 0 Å². The van der Waals surface area contributed by atoms with Crippen molar-refractivity contribution < 1.29 is 0 Å². The summed E-state index contributed by atoms with van der Waals surface area (Å²) in [4.78, 5) is 0. The summed E-state index contributed by atoms with van der Waals surface area (Å²) in [6.07, 6.45) is 6.76. The van der Waals surface area contributed by atoms with E-state index in [0.29, 0.717) is 11.8 Å². The van der Waals surface area contributed by atoms with Crippen molar-refractivity contribution in [3.63, 3.8) is 0 Å². The summed E-state index contributed by atoms with van der Waals surface area (Å²) < 4.78 is 0. The first-order valence-electron chi connectivity index (χ1n) is 6.99. The minimum Gasteiger partial charge on any atom is -0.330 e. The molecule has 2 N–H and O–H groups in total. The molecular formula is C16H25N. The molecule has 1 aromatic rings. The molecule has 1 aliphatic rings. The van der Waals surface area contributed by atoms with Crippen molar-refractivity contribution in [1.82, 2.24) is 0 Å². The highest BCUT2D eigenvalue weighted by molar-refractivity contribution is 5.33. The fraction of sp³-hybridized carbons (Fsp3) is 0.625. The summed E-state index contributed by atoms with van der Waals surface area (Å²) >= 11 is 0. The molecule has 1 heteroatoms. The number of benzene rings is 1. The van der Waals surface area contributed by atoms with Gasteiger partial charge in [0.05, 0.1) is 0 Å². The molecule has 2 atom stereocenters. The minimum atomic E-state index is 0.693. The maximum absolute atomic E-state index is 5.98. The first-order chi connectivity index (χ1) is 8.22. The van der Waals surface area contributed by atoms with Crippen LogP contribution in [-0.2, 0) is 0 Å². The average Bonchev–Trinajstić information content (AvgIpc) is 2.54. The van der Waals surface area contributed by atoms with Gasteiger partial charge in [-0.25, -0.2) is 0 Å². The zero-order valence-electron chi connectivity index (χ0n) is 11.2. The van der Waals surface area contributed by atoms with Gasteiger partial charge in [-0.1, -0.05) is 43.0 Å². The Kier molecular flexibility index (Phi) is 4.22. The largest absolute Gasteiger partial charge is 0.330 e. The van der Waals surface area contributed by atoms with Crippen molar-refractivity contribution >= 4 is 0 Å². The zero-order chi connectivity index (χ0) is 12.3. The molecule has 0 aromatic heterocycles. The lowest BCUT2D eigenvalue weighted by atomic mass is 9.80. The predicted molar refractivity (Wildman–Crippen MR) is 74.3 cm³/mol. The quantitative estimate of drug-likeness (QED) is 0.767. The van der Waals surface area contributed by atoms with Crippen LogP contribution in [-0.4, -0.2) is 6.54 Å². The number of rotatable bonds is 2. The van der Waals surface area contributed by atoms with Crippen LogP contribution in [0.5, 0.6) is 0 Å². The van der Waals surface area contributed by atoms with Crippen LogP contribution < -0.4 is 5.73 Å². The van der Waals surface area contributed by atoms with Gasteiger partial charge in [-0.15, -0.1) is 0 Å². The van der Waals surface area contributed by atoms with Crippen LogP contribution in [0.25, 0.3) is 0 Å². The molecule has 0 aliphatic heterocycles. The molecule has 94 valence electrons. The SMILES string of the molecule is Cc1ccc(C2CCCCCC2CN)c(C)c1. The van der Waals surface area contributed by atoms with Crippen LogP contribution in [0.15, 0.2) is 18.2 Å². The third-order valence-electron chi connectivity index (χ3n) is 4.29. The van der Waals surface area contributed by atoms with E-state index in [-0.39, 0.29) is 0 Å². The molecule has 2 rings (SSSR count). The Morgan fingerprint density at radius 1 is 1.12 bits per heavy atom. The van der Waals surface area contributed by atoms with Crippen LogP contribution in [0.3, 0.4) is 0 Å². The third-order valence-corrected chi connectivity index (χ3v) is 4.29. The lowest BCUT2D eigenvalue weighted by Gasteiger charge is -2.26. The van der Waals surface area contributed by atoms with Crippen LogP contribution >= 0.6 is 0 Å². The Morgan fingerprint density at radius 3 is 2.59 bits per heavy atom. The summed E-state index contributed by atoms with van der Waals surface area (Å²) in [6.45, 7) is 5.27. The highest BCUT2D eigenvalue weighted by Crippen LogP contribution is 2.37. The van der Waals surface area contributed by atoms with Crippen LogP contribution in [0.1, 0.15) is 54.7 Å². The van der Waals surface area contributed by atoms with Gasteiger partial charge in [0.15, 0.2) is 0 Å². The van der Waals surface area contributed by atoms with Crippen molar-refractivity contribution in [1.29, 1.82) is 0 Å². The van der Waals surface area contributed by atoms with Crippen LogP contribution in [0.2, 0.25) is 0 Å². The number of aryl methyl sites for hydroxylation is 2. The van der Waals surface area contributed by atoms with Gasteiger partial charge in [-0.05, 0) is 56.2 Å². The van der Waals surface area contributed by atoms with E-state index in [1.54, 1.807) is 5.56 Å². The molecule has 0 saturated heterocycles. The summed E-state index contributed by atoms with van der Waals surface area (Å²) in [5.74, 6) is 1.39. The Hall–Kier alpha value is -0.820. The first kappa shape index (κ1) is 12.6. The molecule has 0 radical (unpaired) electrons. The molecule has 17 heavy (non-hydrogen) atoms. The van der Waals surface area contributed by atoms with Crippen molar-refractivity contribution in [2.75, 3.05) is 6.54 Å². The van der Waals surface area contributed by atoms with E-state index >= 15 is 0 Å². The van der Waals surface area contributed by atoms with E-state index < -0.39 is 0 Å². The molecule has 1 aromatic carbocycles. The molecule has 0 heterocycles. The second-order valence-corrected chi connectivity index (χ2v) is 5.60. The van der Waals surface area contributed by atoms with E-state index in [0.717, 1.165) is 6.54 Å². The second-order valence-electron chi connectivity index (χ2n) is 5.60. The lowest BCUT2D eigenvalue weighted by Crippen LogP contribution is -2.21. The first-order valence-corrected chi connectivity index (χ1v) is 6.99. The molecule has 1 fully saturated rings. The van der Waals surface area contributed by atoms with E-state index in [2.05, 4.69) is 32.0 Å². The van der Waals surface area contributed by atoms with Gasteiger partial charge in [-0.3, -0.25) is 0 Å². The van der Waals surface area contributed by atoms with E-state index in [4.69, 9.17) is 5.73 Å². The van der Waals surface area contributed by atoms with Crippen LogP contribution in [0, 0.1) is 19.8 Å². The topological polar surface area (TPSA) is 26.0 Å². The number of nitrogens with two attached hydrogens (primary N) is 1. The molecule has 1 nitrogen and oxygen atoms in total. The molecule has 2 unspecified atom stereocenters. The van der Waals surface area contributed by atoms with Crippen molar-refractivity contribution in [3.8, 4) is 0 Å². The number of hydrogen-bond acceptors (Lipinski definition) is 1. The Bertz CT molecular complexity index is 370. The standard InChI is InChI=1S/C16H25N/c1-12-8-9-15(13(2)10-12)16-7-5-3-4-6-14(16)11-17/h8-10,14,16H,3-7,11,17H2,1-2H3. The third kappa shape index (κ3) is 2.90. The number of hydrogen-bond donors (Lipinski definition) is 1. The van der Waals surface area contributed by atoms with Gasteiger partial charge in [0.25, 0.3) is 0 Å². The van der Waals surface area contributed by atoms with E-state index in [9.17, 15) is 0 Å². The molecular weight excluding hydrogens is 206 g/mol. The molecule has 0 amide bonds. The van der Waals surface area contributed by atoms with Gasteiger partial charge in [0.1, 0.15) is 0 Å². The monoisotopic (exact) mass is 231 g/mol. The van der Waals surface area contributed by atoms with Crippen molar-refractivity contribution in [3.05, 3.63) is 34.9 Å². The highest BCUT2D eigenvalue weighted by atomic mass is 14.6. The zero-order valence-corrected chi connectivity index (χ0v) is 11.2. The van der Waals surface area contributed by atoms with E-state index in [1.807, 2.05) is 0 Å². The van der Waals surface area contributed by atoms with Crippen molar-refractivity contribution in [2.45, 2.75) is 51.9 Å². The van der Waals surface area contributed by atoms with Gasteiger partial charge in [0.2, 0.25) is 0 Å². The highest BCUT2D eigenvalue weighted by Gasteiger charge is 2.24. The normalized spacial score (nSPS) is 25.6.